The van der Waals surface area contributed by atoms with Gasteiger partial charge in [0.25, 0.3) is 0 Å². The van der Waals surface area contributed by atoms with Crippen molar-refractivity contribution < 1.29 is 9.90 Å². The monoisotopic (exact) mass is 272 g/mol. The van der Waals surface area contributed by atoms with Gasteiger partial charge in [0.05, 0.1) is 5.60 Å². The summed E-state index contributed by atoms with van der Waals surface area (Å²) < 4.78 is 0. The Hall–Kier alpha value is -0.890. The van der Waals surface area contributed by atoms with Gasteiger partial charge in [-0.3, -0.25) is 4.79 Å². The third-order valence-electron chi connectivity index (χ3n) is 6.77. The molecular weight excluding hydrogens is 248 g/mol. The van der Waals surface area contributed by atoms with E-state index in [9.17, 15) is 9.90 Å². The zero-order valence-corrected chi connectivity index (χ0v) is 12.3. The van der Waals surface area contributed by atoms with Gasteiger partial charge in [0, 0.05) is 6.42 Å². The first kappa shape index (κ1) is 12.8. The Morgan fingerprint density at radius 1 is 1.20 bits per heavy atom. The summed E-state index contributed by atoms with van der Waals surface area (Å²) in [5.41, 5.74) is 0.744. The number of ketones is 1. The molecule has 4 aliphatic carbocycles. The molecule has 0 amide bonds. The summed E-state index contributed by atoms with van der Waals surface area (Å²) in [6, 6.07) is 0. The van der Waals surface area contributed by atoms with Crippen molar-refractivity contribution in [2.45, 2.75) is 57.5 Å². The maximum Gasteiger partial charge on any atom is 0.155 e. The maximum atomic E-state index is 11.7. The summed E-state index contributed by atoms with van der Waals surface area (Å²) >= 11 is 0. The van der Waals surface area contributed by atoms with Gasteiger partial charge in [0.15, 0.2) is 5.78 Å². The average Bonchev–Trinajstić information content (AvgIpc) is 2.81. The summed E-state index contributed by atoms with van der Waals surface area (Å²) in [7, 11) is 0. The van der Waals surface area contributed by atoms with Crippen LogP contribution in [-0.2, 0) is 4.79 Å². The zero-order valence-electron chi connectivity index (χ0n) is 12.3. The Balaban J connectivity index is 1.70. The molecule has 0 bridgehead atoms. The number of carbonyl (C=O) groups excluding carboxylic acids is 1. The smallest absolute Gasteiger partial charge is 0.155 e. The van der Waals surface area contributed by atoms with E-state index >= 15 is 0 Å². The van der Waals surface area contributed by atoms with Crippen LogP contribution in [0.4, 0.5) is 0 Å². The molecule has 4 rings (SSSR count). The van der Waals surface area contributed by atoms with Crippen LogP contribution >= 0.6 is 0 Å². The number of hydrogen-bond acceptors (Lipinski definition) is 2. The molecule has 1 N–H and O–H groups in total. The molecule has 2 heteroatoms. The summed E-state index contributed by atoms with van der Waals surface area (Å²) in [5, 5.41) is 11.3. The number of aliphatic hydroxyl groups is 1. The molecule has 108 valence electrons. The fourth-order valence-electron chi connectivity index (χ4n) is 5.67. The fourth-order valence-corrected chi connectivity index (χ4v) is 5.67. The number of carbonyl (C=O) groups is 1. The second kappa shape index (κ2) is 4.07. The van der Waals surface area contributed by atoms with E-state index in [1.54, 1.807) is 6.08 Å². The molecule has 0 radical (unpaired) electrons. The van der Waals surface area contributed by atoms with Gasteiger partial charge in [-0.25, -0.2) is 0 Å². The normalized spacial score (nSPS) is 50.2. The van der Waals surface area contributed by atoms with E-state index in [2.05, 4.69) is 19.1 Å². The first-order valence-corrected chi connectivity index (χ1v) is 8.17. The number of rotatable bonds is 0. The van der Waals surface area contributed by atoms with Crippen molar-refractivity contribution >= 4 is 5.78 Å². The summed E-state index contributed by atoms with van der Waals surface area (Å²) in [6.45, 7) is 2.40. The number of fused-ring (bicyclic) bond motifs is 5. The van der Waals surface area contributed by atoms with Crippen molar-refractivity contribution in [3.8, 4) is 0 Å². The molecule has 2 nitrogen and oxygen atoms in total. The molecule has 5 atom stereocenters. The zero-order chi connectivity index (χ0) is 14.0. The van der Waals surface area contributed by atoms with E-state index in [0.717, 1.165) is 24.8 Å². The van der Waals surface area contributed by atoms with Crippen LogP contribution in [0.1, 0.15) is 51.9 Å². The Kier molecular flexibility index (Phi) is 2.61. The largest absolute Gasteiger partial charge is 0.385 e. The molecule has 5 unspecified atom stereocenters. The maximum absolute atomic E-state index is 11.7. The first-order chi connectivity index (χ1) is 9.53. The molecule has 0 aromatic carbocycles. The molecular formula is C18H24O2. The van der Waals surface area contributed by atoms with Gasteiger partial charge < -0.3 is 5.11 Å². The van der Waals surface area contributed by atoms with Crippen molar-refractivity contribution in [2.75, 3.05) is 0 Å². The topological polar surface area (TPSA) is 37.3 Å². The highest BCUT2D eigenvalue weighted by molar-refractivity contribution is 5.92. The van der Waals surface area contributed by atoms with Gasteiger partial charge in [-0.1, -0.05) is 19.1 Å². The van der Waals surface area contributed by atoms with Crippen molar-refractivity contribution in [3.05, 3.63) is 23.8 Å². The molecule has 0 heterocycles. The van der Waals surface area contributed by atoms with Crippen molar-refractivity contribution in [1.29, 1.82) is 0 Å². The molecule has 0 aromatic heterocycles. The highest BCUT2D eigenvalue weighted by Crippen LogP contribution is 2.60. The minimum Gasteiger partial charge on any atom is -0.385 e. The molecule has 0 aromatic rings. The predicted molar refractivity (Wildman–Crippen MR) is 78.1 cm³/mol. The van der Waals surface area contributed by atoms with Crippen LogP contribution in [0.3, 0.4) is 0 Å². The van der Waals surface area contributed by atoms with Gasteiger partial charge in [-0.05, 0) is 73.3 Å². The highest BCUT2D eigenvalue weighted by Gasteiger charge is 2.56. The lowest BCUT2D eigenvalue weighted by Gasteiger charge is -2.56. The second-order valence-electron chi connectivity index (χ2n) is 7.66. The third kappa shape index (κ3) is 1.57. The van der Waals surface area contributed by atoms with E-state index in [0.29, 0.717) is 36.0 Å². The van der Waals surface area contributed by atoms with Crippen LogP contribution in [0.15, 0.2) is 23.8 Å². The van der Waals surface area contributed by atoms with Crippen molar-refractivity contribution in [3.63, 3.8) is 0 Å². The average molecular weight is 272 g/mol. The Bertz CT molecular complexity index is 518. The quantitative estimate of drug-likeness (QED) is 0.686. The van der Waals surface area contributed by atoms with Crippen molar-refractivity contribution in [2.24, 2.45) is 23.2 Å². The van der Waals surface area contributed by atoms with Gasteiger partial charge in [-0.2, -0.15) is 0 Å². The SMILES string of the molecule is CC12C=CCC1C1CCC3=CC(=O)CCC3(O)C1CC2. The van der Waals surface area contributed by atoms with E-state index in [1.807, 2.05) is 0 Å². The van der Waals surface area contributed by atoms with Crippen molar-refractivity contribution in [1.82, 2.24) is 0 Å². The minimum atomic E-state index is -0.666. The van der Waals surface area contributed by atoms with Crippen LogP contribution in [0.2, 0.25) is 0 Å². The Labute approximate surface area is 120 Å². The van der Waals surface area contributed by atoms with Crippen LogP contribution in [0, 0.1) is 23.2 Å². The molecule has 20 heavy (non-hydrogen) atoms. The minimum absolute atomic E-state index is 0.214. The second-order valence-corrected chi connectivity index (χ2v) is 7.66. The van der Waals surface area contributed by atoms with E-state index in [-0.39, 0.29) is 5.78 Å². The van der Waals surface area contributed by atoms with E-state index in [4.69, 9.17) is 0 Å². The number of hydrogen-bond donors (Lipinski definition) is 1. The lowest BCUT2D eigenvalue weighted by molar-refractivity contribution is -0.123. The molecule has 0 saturated heterocycles. The van der Waals surface area contributed by atoms with Crippen LogP contribution in [0.25, 0.3) is 0 Å². The van der Waals surface area contributed by atoms with Gasteiger partial charge >= 0.3 is 0 Å². The Morgan fingerprint density at radius 3 is 2.90 bits per heavy atom. The lowest BCUT2D eigenvalue weighted by Crippen LogP contribution is -2.54. The fraction of sp³-hybridized carbons (Fsp3) is 0.722. The molecule has 2 saturated carbocycles. The van der Waals surface area contributed by atoms with Crippen LogP contribution < -0.4 is 0 Å². The predicted octanol–water partition coefficient (Wildman–Crippen LogP) is 3.41. The van der Waals surface area contributed by atoms with Gasteiger partial charge in [0.1, 0.15) is 0 Å². The van der Waals surface area contributed by atoms with Crippen LogP contribution in [0.5, 0.6) is 0 Å². The lowest BCUT2D eigenvalue weighted by atomic mass is 9.51. The summed E-state index contributed by atoms with van der Waals surface area (Å²) in [4.78, 5) is 11.7. The molecule has 2 fully saturated rings. The first-order valence-electron chi connectivity index (χ1n) is 8.17. The standard InChI is InChI=1S/C18H24O2/c1-17-8-2-3-15(17)14-5-4-12-11-13(19)6-10-18(12,20)16(14)7-9-17/h2,8,11,14-16,20H,3-7,9-10H2,1H3. The van der Waals surface area contributed by atoms with Crippen LogP contribution in [-0.4, -0.2) is 16.5 Å². The van der Waals surface area contributed by atoms with Gasteiger partial charge in [-0.15, -0.1) is 0 Å². The molecule has 0 aliphatic heterocycles. The summed E-state index contributed by atoms with van der Waals surface area (Å²) in [5.74, 6) is 1.95. The van der Waals surface area contributed by atoms with E-state index in [1.165, 1.54) is 12.8 Å². The Morgan fingerprint density at radius 2 is 2.05 bits per heavy atom. The van der Waals surface area contributed by atoms with Gasteiger partial charge in [0.2, 0.25) is 0 Å². The third-order valence-corrected chi connectivity index (χ3v) is 6.77. The molecule has 0 spiro atoms. The number of allylic oxidation sites excluding steroid dienone is 3. The van der Waals surface area contributed by atoms with E-state index < -0.39 is 5.60 Å². The summed E-state index contributed by atoms with van der Waals surface area (Å²) in [6.07, 6.45) is 13.3. The molecule has 4 aliphatic rings. The highest BCUT2D eigenvalue weighted by atomic mass is 16.3.